The zero-order valence-corrected chi connectivity index (χ0v) is 14.9. The number of piperazine rings is 1. The molecule has 1 saturated carbocycles. The molecule has 0 radical (unpaired) electrons. The average molecular weight is 354 g/mol. The van der Waals surface area contributed by atoms with E-state index in [0.717, 1.165) is 37.6 Å². The van der Waals surface area contributed by atoms with Gasteiger partial charge in [0.1, 0.15) is 0 Å². The Morgan fingerprint density at radius 1 is 1.09 bits per heavy atom. The smallest absolute Gasteiger partial charge is 0.0705 e. The fourth-order valence-corrected chi connectivity index (χ4v) is 3.54. The van der Waals surface area contributed by atoms with Crippen molar-refractivity contribution in [3.8, 4) is 0 Å². The SMILES string of the molecule is Cl.Cl.c1ccc2c([C@@H](CC3CC3)N3CCNCC3)ccnc2c1. The lowest BCUT2D eigenvalue weighted by Crippen LogP contribution is -2.45. The minimum atomic E-state index is 0. The van der Waals surface area contributed by atoms with Crippen LogP contribution in [0.1, 0.15) is 30.9 Å². The maximum absolute atomic E-state index is 4.53. The van der Waals surface area contributed by atoms with Gasteiger partial charge in [0.2, 0.25) is 0 Å². The van der Waals surface area contributed by atoms with E-state index in [9.17, 15) is 0 Å². The van der Waals surface area contributed by atoms with Gasteiger partial charge >= 0.3 is 0 Å². The third-order valence-corrected chi connectivity index (χ3v) is 4.89. The molecule has 4 rings (SSSR count). The molecule has 0 amide bonds. The summed E-state index contributed by atoms with van der Waals surface area (Å²) >= 11 is 0. The van der Waals surface area contributed by atoms with Crippen molar-refractivity contribution in [1.29, 1.82) is 0 Å². The van der Waals surface area contributed by atoms with Gasteiger partial charge in [-0.3, -0.25) is 9.88 Å². The Bertz CT molecular complexity index is 619. The lowest BCUT2D eigenvalue weighted by atomic mass is 9.95. The number of hydrogen-bond donors (Lipinski definition) is 1. The molecule has 1 N–H and O–H groups in total. The van der Waals surface area contributed by atoms with Gasteiger partial charge in [-0.2, -0.15) is 0 Å². The molecule has 1 aromatic heterocycles. The molecule has 3 nitrogen and oxygen atoms in total. The summed E-state index contributed by atoms with van der Waals surface area (Å²) in [6, 6.07) is 11.4. The fraction of sp³-hybridized carbons (Fsp3) is 0.500. The zero-order chi connectivity index (χ0) is 14.1. The molecule has 1 aliphatic heterocycles. The third-order valence-electron chi connectivity index (χ3n) is 4.89. The third kappa shape index (κ3) is 4.16. The molecule has 1 aliphatic carbocycles. The van der Waals surface area contributed by atoms with Crippen LogP contribution in [0.15, 0.2) is 36.5 Å². The van der Waals surface area contributed by atoms with Crippen LogP contribution in [0.2, 0.25) is 0 Å². The first-order valence-corrected chi connectivity index (χ1v) is 8.20. The molecule has 1 saturated heterocycles. The van der Waals surface area contributed by atoms with Crippen LogP contribution in [0.5, 0.6) is 0 Å². The van der Waals surface area contributed by atoms with Crippen molar-refractivity contribution in [1.82, 2.24) is 15.2 Å². The molecular formula is C18H25Cl2N3. The Balaban J connectivity index is 0.000000960. The van der Waals surface area contributed by atoms with Crippen LogP contribution in [0.3, 0.4) is 0 Å². The number of nitrogens with zero attached hydrogens (tertiary/aromatic N) is 2. The van der Waals surface area contributed by atoms with Gasteiger partial charge in [0.25, 0.3) is 0 Å². The second-order valence-electron chi connectivity index (χ2n) is 6.40. The topological polar surface area (TPSA) is 28.2 Å². The Labute approximate surface area is 150 Å². The number of hydrogen-bond acceptors (Lipinski definition) is 3. The maximum atomic E-state index is 4.53. The predicted octanol–water partition coefficient (Wildman–Crippen LogP) is 3.82. The molecule has 2 fully saturated rings. The molecule has 2 aromatic rings. The summed E-state index contributed by atoms with van der Waals surface area (Å²) in [6.07, 6.45) is 6.14. The van der Waals surface area contributed by atoms with Crippen molar-refractivity contribution < 1.29 is 0 Å². The van der Waals surface area contributed by atoms with Crippen molar-refractivity contribution in [2.24, 2.45) is 5.92 Å². The Morgan fingerprint density at radius 2 is 1.83 bits per heavy atom. The molecule has 2 heterocycles. The van der Waals surface area contributed by atoms with Crippen molar-refractivity contribution in [3.63, 3.8) is 0 Å². The molecular weight excluding hydrogens is 329 g/mol. The number of rotatable bonds is 4. The van der Waals surface area contributed by atoms with Crippen molar-refractivity contribution in [2.45, 2.75) is 25.3 Å². The predicted molar refractivity (Wildman–Crippen MR) is 101 cm³/mol. The standard InChI is InChI=1S/C18H23N3.2ClH/c1-2-4-17-15(3-1)16(7-8-20-17)18(13-14-5-6-14)21-11-9-19-10-12-21;;/h1-4,7-8,14,18-19H,5-6,9-13H2;2*1H/t18-;;/m1../s1. The summed E-state index contributed by atoms with van der Waals surface area (Å²) in [4.78, 5) is 7.21. The molecule has 0 spiro atoms. The zero-order valence-electron chi connectivity index (χ0n) is 13.3. The highest BCUT2D eigenvalue weighted by molar-refractivity contribution is 5.85. The molecule has 5 heteroatoms. The summed E-state index contributed by atoms with van der Waals surface area (Å²) in [6.45, 7) is 4.55. The van der Waals surface area contributed by atoms with Gasteiger partial charge in [0.15, 0.2) is 0 Å². The maximum Gasteiger partial charge on any atom is 0.0705 e. The molecule has 23 heavy (non-hydrogen) atoms. The van der Waals surface area contributed by atoms with Gasteiger partial charge < -0.3 is 5.32 Å². The van der Waals surface area contributed by atoms with Gasteiger partial charge in [-0.05, 0) is 30.0 Å². The summed E-state index contributed by atoms with van der Waals surface area (Å²) in [7, 11) is 0. The number of aromatic nitrogens is 1. The molecule has 2 aliphatic rings. The highest BCUT2D eigenvalue weighted by Crippen LogP contribution is 2.41. The van der Waals surface area contributed by atoms with Crippen molar-refractivity contribution >= 4 is 35.7 Å². The monoisotopic (exact) mass is 353 g/mol. The van der Waals surface area contributed by atoms with E-state index < -0.39 is 0 Å². The lowest BCUT2D eigenvalue weighted by Gasteiger charge is -2.36. The van der Waals surface area contributed by atoms with E-state index in [4.69, 9.17) is 0 Å². The lowest BCUT2D eigenvalue weighted by molar-refractivity contribution is 0.161. The number of fused-ring (bicyclic) bond motifs is 1. The summed E-state index contributed by atoms with van der Waals surface area (Å²) < 4.78 is 0. The Kier molecular flexibility index (Phi) is 6.66. The quantitative estimate of drug-likeness (QED) is 0.905. The van der Waals surface area contributed by atoms with E-state index in [1.165, 1.54) is 30.2 Å². The van der Waals surface area contributed by atoms with Crippen LogP contribution < -0.4 is 5.32 Å². The van der Waals surface area contributed by atoms with Gasteiger partial charge in [-0.1, -0.05) is 31.0 Å². The van der Waals surface area contributed by atoms with Crippen LogP contribution in [-0.2, 0) is 0 Å². The minimum absolute atomic E-state index is 0. The number of pyridine rings is 1. The number of benzene rings is 1. The van der Waals surface area contributed by atoms with Crippen molar-refractivity contribution in [3.05, 3.63) is 42.1 Å². The second-order valence-corrected chi connectivity index (χ2v) is 6.40. The molecule has 1 aromatic carbocycles. The first-order valence-electron chi connectivity index (χ1n) is 8.20. The highest BCUT2D eigenvalue weighted by atomic mass is 35.5. The summed E-state index contributed by atoms with van der Waals surface area (Å²) in [5.74, 6) is 0.941. The van der Waals surface area contributed by atoms with E-state index in [1.807, 2.05) is 6.20 Å². The molecule has 0 unspecified atom stereocenters. The van der Waals surface area contributed by atoms with Gasteiger partial charge in [0.05, 0.1) is 5.52 Å². The molecule has 0 bridgehead atoms. The van der Waals surface area contributed by atoms with Crippen LogP contribution >= 0.6 is 24.8 Å². The van der Waals surface area contributed by atoms with Crippen LogP contribution in [-0.4, -0.2) is 36.1 Å². The molecule has 1 atom stereocenters. The Morgan fingerprint density at radius 3 is 2.57 bits per heavy atom. The Hall–Kier alpha value is -0.870. The number of para-hydroxylation sites is 1. The van der Waals surface area contributed by atoms with Gasteiger partial charge in [-0.25, -0.2) is 0 Å². The van der Waals surface area contributed by atoms with Crippen LogP contribution in [0.25, 0.3) is 10.9 Å². The van der Waals surface area contributed by atoms with E-state index in [-0.39, 0.29) is 24.8 Å². The average Bonchev–Trinajstić information content (AvgIpc) is 3.37. The summed E-state index contributed by atoms with van der Waals surface area (Å²) in [5, 5.41) is 4.81. The van der Waals surface area contributed by atoms with Crippen LogP contribution in [0.4, 0.5) is 0 Å². The minimum Gasteiger partial charge on any atom is -0.314 e. The van der Waals surface area contributed by atoms with Crippen molar-refractivity contribution in [2.75, 3.05) is 26.2 Å². The fourth-order valence-electron chi connectivity index (χ4n) is 3.54. The number of halogens is 2. The first kappa shape index (κ1) is 18.5. The second kappa shape index (κ2) is 8.29. The molecule has 126 valence electrons. The van der Waals surface area contributed by atoms with E-state index in [0.29, 0.717) is 6.04 Å². The first-order chi connectivity index (χ1) is 10.4. The van der Waals surface area contributed by atoms with Gasteiger partial charge in [-0.15, -0.1) is 24.8 Å². The van der Waals surface area contributed by atoms with E-state index in [2.05, 4.69) is 45.5 Å². The van der Waals surface area contributed by atoms with E-state index >= 15 is 0 Å². The van der Waals surface area contributed by atoms with Crippen LogP contribution in [0, 0.1) is 5.92 Å². The highest BCUT2D eigenvalue weighted by Gasteiger charge is 2.31. The van der Waals surface area contributed by atoms with Gasteiger partial charge in [0, 0.05) is 43.8 Å². The summed E-state index contributed by atoms with van der Waals surface area (Å²) in [5.41, 5.74) is 2.61. The van der Waals surface area contributed by atoms with E-state index in [1.54, 1.807) is 0 Å². The normalized spacial score (nSPS) is 19.7. The largest absolute Gasteiger partial charge is 0.314 e. The number of nitrogens with one attached hydrogen (secondary N) is 1.